The largest absolute Gasteiger partial charge is 0.365 e. The third-order valence-electron chi connectivity index (χ3n) is 5.12. The van der Waals surface area contributed by atoms with Crippen LogP contribution in [0.25, 0.3) is 0 Å². The van der Waals surface area contributed by atoms with Gasteiger partial charge >= 0.3 is 6.03 Å². The number of carbonyl (C=O) groups excluding carboxylic acids is 2. The number of likely N-dealkylation sites (tertiary alicyclic amines) is 1. The van der Waals surface area contributed by atoms with Crippen molar-refractivity contribution in [2.24, 2.45) is 5.73 Å². The Balaban J connectivity index is 0.00000108. The van der Waals surface area contributed by atoms with Crippen molar-refractivity contribution < 1.29 is 9.59 Å². The van der Waals surface area contributed by atoms with E-state index in [0.29, 0.717) is 29.7 Å². The van der Waals surface area contributed by atoms with Gasteiger partial charge in [0, 0.05) is 37.2 Å². The van der Waals surface area contributed by atoms with Crippen LogP contribution in [0, 0.1) is 0 Å². The van der Waals surface area contributed by atoms with Crippen LogP contribution in [0.4, 0.5) is 27.9 Å². The predicted molar refractivity (Wildman–Crippen MR) is 139 cm³/mol. The number of nitrogens with two attached hydrogens (primary N) is 1. The van der Waals surface area contributed by atoms with E-state index in [1.54, 1.807) is 11.0 Å². The Kier molecular flexibility index (Phi) is 9.38. The number of anilines is 4. The lowest BCUT2D eigenvalue weighted by atomic mass is 10.2. The number of nitrogens with one attached hydrogen (secondary N) is 4. The summed E-state index contributed by atoms with van der Waals surface area (Å²) in [5.41, 5.74) is 8.10. The van der Waals surface area contributed by atoms with Crippen LogP contribution in [0.2, 0.25) is 0 Å². The van der Waals surface area contributed by atoms with Crippen molar-refractivity contribution in [1.82, 2.24) is 20.2 Å². The standard InChI is InChI=1S/C23H25N7O2.C2H7N/c24-20(31)19-15-26-22(29-21(19)25-14-16-7-2-1-3-8-16)27-17-9-6-10-18(13-17)28-23(32)30-11-4-5-12-30;1-3-2/h1-3,6-10,13,15H,4-5,11-12,14H2,(H2,24,31)(H,28,32)(H2,25,26,27,29);3H,1-2H3. The summed E-state index contributed by atoms with van der Waals surface area (Å²) >= 11 is 0. The molecule has 1 aliphatic rings. The molecule has 0 atom stereocenters. The average molecular weight is 477 g/mol. The summed E-state index contributed by atoms with van der Waals surface area (Å²) in [6.07, 6.45) is 3.46. The van der Waals surface area contributed by atoms with Gasteiger partial charge in [0.1, 0.15) is 5.82 Å². The minimum atomic E-state index is -0.612. The molecule has 184 valence electrons. The molecular formula is C25H32N8O2. The van der Waals surface area contributed by atoms with Gasteiger partial charge in [-0.25, -0.2) is 9.78 Å². The number of benzene rings is 2. The van der Waals surface area contributed by atoms with E-state index >= 15 is 0 Å². The zero-order chi connectivity index (χ0) is 25.0. The first-order chi connectivity index (χ1) is 17.0. The summed E-state index contributed by atoms with van der Waals surface area (Å²) in [7, 11) is 3.75. The summed E-state index contributed by atoms with van der Waals surface area (Å²) in [5, 5.41) is 11.9. The average Bonchev–Trinajstić information content (AvgIpc) is 3.39. The Hall–Kier alpha value is -4.18. The monoisotopic (exact) mass is 476 g/mol. The molecule has 1 fully saturated rings. The maximum atomic E-state index is 12.3. The van der Waals surface area contributed by atoms with E-state index in [4.69, 9.17) is 5.73 Å². The summed E-state index contributed by atoms with van der Waals surface area (Å²) in [5.74, 6) is 0.0321. The highest BCUT2D eigenvalue weighted by Crippen LogP contribution is 2.21. The fraction of sp³-hybridized carbons (Fsp3) is 0.280. The normalized spacial score (nSPS) is 12.3. The van der Waals surface area contributed by atoms with Crippen molar-refractivity contribution in [3.63, 3.8) is 0 Å². The first kappa shape index (κ1) is 25.4. The number of amides is 3. The van der Waals surface area contributed by atoms with Crippen molar-refractivity contribution in [3.8, 4) is 0 Å². The molecule has 2 aromatic carbocycles. The molecule has 0 radical (unpaired) electrons. The van der Waals surface area contributed by atoms with Gasteiger partial charge in [-0.15, -0.1) is 0 Å². The lowest BCUT2D eigenvalue weighted by molar-refractivity contribution is 0.100. The highest BCUT2D eigenvalue weighted by molar-refractivity contribution is 5.97. The third-order valence-corrected chi connectivity index (χ3v) is 5.12. The molecule has 35 heavy (non-hydrogen) atoms. The van der Waals surface area contributed by atoms with Crippen LogP contribution in [0.1, 0.15) is 28.8 Å². The molecule has 1 saturated heterocycles. The number of hydrogen-bond acceptors (Lipinski definition) is 7. The minimum absolute atomic E-state index is 0.103. The van der Waals surface area contributed by atoms with Gasteiger partial charge in [0.15, 0.2) is 0 Å². The van der Waals surface area contributed by atoms with Gasteiger partial charge in [-0.2, -0.15) is 4.98 Å². The zero-order valence-corrected chi connectivity index (χ0v) is 20.0. The molecule has 4 rings (SSSR count). The molecule has 6 N–H and O–H groups in total. The molecular weight excluding hydrogens is 444 g/mol. The molecule has 0 aliphatic carbocycles. The van der Waals surface area contributed by atoms with E-state index in [1.165, 1.54) is 6.20 Å². The fourth-order valence-electron chi connectivity index (χ4n) is 3.47. The third kappa shape index (κ3) is 7.68. The molecule has 0 saturated carbocycles. The molecule has 10 heteroatoms. The number of nitrogens with zero attached hydrogens (tertiary/aromatic N) is 3. The van der Waals surface area contributed by atoms with Crippen LogP contribution in [0.3, 0.4) is 0 Å². The number of rotatable bonds is 7. The summed E-state index contributed by atoms with van der Waals surface area (Å²) in [4.78, 5) is 34.6. The molecule has 0 spiro atoms. The quantitative estimate of drug-likeness (QED) is 0.352. The summed E-state index contributed by atoms with van der Waals surface area (Å²) < 4.78 is 0. The Morgan fingerprint density at radius 1 is 1.00 bits per heavy atom. The highest BCUT2D eigenvalue weighted by Gasteiger charge is 2.18. The smallest absolute Gasteiger partial charge is 0.321 e. The van der Waals surface area contributed by atoms with Gasteiger partial charge in [-0.3, -0.25) is 4.79 Å². The second-order valence-corrected chi connectivity index (χ2v) is 7.99. The van der Waals surface area contributed by atoms with Crippen molar-refractivity contribution in [1.29, 1.82) is 0 Å². The van der Waals surface area contributed by atoms with E-state index in [2.05, 4.69) is 31.2 Å². The number of carbonyl (C=O) groups is 2. The van der Waals surface area contributed by atoms with Gasteiger partial charge in [-0.1, -0.05) is 36.4 Å². The first-order valence-corrected chi connectivity index (χ1v) is 11.5. The van der Waals surface area contributed by atoms with Gasteiger partial charge in [-0.05, 0) is 50.7 Å². The number of urea groups is 1. The lowest BCUT2D eigenvalue weighted by Crippen LogP contribution is -2.32. The van der Waals surface area contributed by atoms with E-state index in [0.717, 1.165) is 31.5 Å². The molecule has 2 heterocycles. The van der Waals surface area contributed by atoms with Crippen molar-refractivity contribution >= 4 is 35.1 Å². The molecule has 0 bridgehead atoms. The van der Waals surface area contributed by atoms with Crippen molar-refractivity contribution in [2.45, 2.75) is 19.4 Å². The van der Waals surface area contributed by atoms with Crippen molar-refractivity contribution in [3.05, 3.63) is 71.9 Å². The van der Waals surface area contributed by atoms with E-state index in [-0.39, 0.29) is 11.6 Å². The zero-order valence-electron chi connectivity index (χ0n) is 20.0. The van der Waals surface area contributed by atoms with Crippen LogP contribution in [-0.4, -0.2) is 54.0 Å². The molecule has 0 unspecified atom stereocenters. The SMILES string of the molecule is CNC.NC(=O)c1cnc(Nc2cccc(NC(=O)N3CCCC3)c2)nc1NCc1ccccc1. The fourth-order valence-corrected chi connectivity index (χ4v) is 3.47. The number of hydrogen-bond donors (Lipinski definition) is 5. The Labute approximate surface area is 205 Å². The van der Waals surface area contributed by atoms with Gasteiger partial charge in [0.05, 0.1) is 5.56 Å². The van der Waals surface area contributed by atoms with Gasteiger partial charge in [0.2, 0.25) is 5.95 Å². The number of aromatic nitrogens is 2. The lowest BCUT2D eigenvalue weighted by Gasteiger charge is -2.16. The maximum Gasteiger partial charge on any atom is 0.321 e. The van der Waals surface area contributed by atoms with Crippen molar-refractivity contribution in [2.75, 3.05) is 43.1 Å². The van der Waals surface area contributed by atoms with Crippen LogP contribution < -0.4 is 27.0 Å². The Morgan fingerprint density at radius 3 is 2.37 bits per heavy atom. The molecule has 1 aliphatic heterocycles. The first-order valence-electron chi connectivity index (χ1n) is 11.5. The Bertz CT molecular complexity index is 1120. The highest BCUT2D eigenvalue weighted by atomic mass is 16.2. The minimum Gasteiger partial charge on any atom is -0.365 e. The summed E-state index contributed by atoms with van der Waals surface area (Å²) in [6.45, 7) is 2.04. The molecule has 3 amide bonds. The topological polar surface area (TPSA) is 137 Å². The van der Waals surface area contributed by atoms with Crippen LogP contribution in [0.5, 0.6) is 0 Å². The maximum absolute atomic E-state index is 12.3. The second kappa shape index (κ2) is 12.9. The predicted octanol–water partition coefficient (Wildman–Crippen LogP) is 3.39. The summed E-state index contributed by atoms with van der Waals surface area (Å²) in [6, 6.07) is 16.9. The molecule has 10 nitrogen and oxygen atoms in total. The molecule has 1 aromatic heterocycles. The van der Waals surface area contributed by atoms with Gasteiger partial charge < -0.3 is 31.9 Å². The Morgan fingerprint density at radius 2 is 1.69 bits per heavy atom. The van der Waals surface area contributed by atoms with Crippen LogP contribution in [0.15, 0.2) is 60.8 Å². The van der Waals surface area contributed by atoms with E-state index in [1.807, 2.05) is 62.6 Å². The van der Waals surface area contributed by atoms with Crippen LogP contribution in [-0.2, 0) is 6.54 Å². The number of primary amides is 1. The molecule has 3 aromatic rings. The van der Waals surface area contributed by atoms with Crippen LogP contribution >= 0.6 is 0 Å². The van der Waals surface area contributed by atoms with Gasteiger partial charge in [0.25, 0.3) is 5.91 Å². The second-order valence-electron chi connectivity index (χ2n) is 7.99. The van der Waals surface area contributed by atoms with E-state index < -0.39 is 5.91 Å². The van der Waals surface area contributed by atoms with E-state index in [9.17, 15) is 9.59 Å².